The van der Waals surface area contributed by atoms with E-state index in [1.807, 2.05) is 30.3 Å². The zero-order chi connectivity index (χ0) is 13.0. The Balaban J connectivity index is 2.27. The van der Waals surface area contributed by atoms with Crippen molar-refractivity contribution in [2.45, 2.75) is 10.6 Å². The number of carboxylic acid groups (broad SMARTS) is 1. The molecule has 0 aliphatic carbocycles. The summed E-state index contributed by atoms with van der Waals surface area (Å²) in [7, 11) is -1.35. The predicted molar refractivity (Wildman–Crippen MR) is 70.0 cm³/mol. The Bertz CT molecular complexity index is 579. The van der Waals surface area contributed by atoms with Gasteiger partial charge in [0.2, 0.25) is 0 Å². The van der Waals surface area contributed by atoms with E-state index in [9.17, 15) is 9.00 Å². The van der Waals surface area contributed by atoms with Crippen LogP contribution in [0.1, 0.15) is 15.9 Å². The van der Waals surface area contributed by atoms with Crippen molar-refractivity contribution in [2.24, 2.45) is 0 Å². The van der Waals surface area contributed by atoms with E-state index < -0.39 is 16.8 Å². The maximum atomic E-state index is 12.2. The predicted octanol–water partition coefficient (Wildman–Crippen LogP) is 2.69. The van der Waals surface area contributed by atoms with Crippen LogP contribution in [0, 0.1) is 0 Å². The normalized spacial score (nSPS) is 12.0. The van der Waals surface area contributed by atoms with Crippen LogP contribution in [0.4, 0.5) is 0 Å². The SMILES string of the molecule is O=C(O)c1ccccc1S(=O)Cc1ccccc1. The number of hydrogen-bond acceptors (Lipinski definition) is 2. The van der Waals surface area contributed by atoms with Crippen molar-refractivity contribution in [3.63, 3.8) is 0 Å². The molecule has 0 aromatic heterocycles. The van der Waals surface area contributed by atoms with Crippen molar-refractivity contribution < 1.29 is 14.1 Å². The van der Waals surface area contributed by atoms with E-state index in [-0.39, 0.29) is 5.56 Å². The fourth-order valence-corrected chi connectivity index (χ4v) is 2.93. The molecular formula is C14H12O3S. The van der Waals surface area contributed by atoms with E-state index in [0.717, 1.165) is 5.56 Å². The van der Waals surface area contributed by atoms with Crippen molar-refractivity contribution in [3.8, 4) is 0 Å². The fraction of sp³-hybridized carbons (Fsp3) is 0.0714. The van der Waals surface area contributed by atoms with Crippen LogP contribution in [0.2, 0.25) is 0 Å². The molecule has 0 saturated heterocycles. The molecule has 4 heteroatoms. The second-order valence-electron chi connectivity index (χ2n) is 3.78. The number of carboxylic acids is 1. The molecule has 2 aromatic carbocycles. The van der Waals surface area contributed by atoms with Crippen LogP contribution in [0.25, 0.3) is 0 Å². The number of hydrogen-bond donors (Lipinski definition) is 1. The van der Waals surface area contributed by atoms with Gasteiger partial charge >= 0.3 is 5.97 Å². The Kier molecular flexibility index (Phi) is 3.89. The molecule has 0 amide bonds. The minimum atomic E-state index is -1.35. The van der Waals surface area contributed by atoms with Gasteiger partial charge in [-0.2, -0.15) is 0 Å². The molecule has 0 radical (unpaired) electrons. The first-order chi connectivity index (χ1) is 8.68. The number of rotatable bonds is 4. The number of benzene rings is 2. The second kappa shape index (κ2) is 5.60. The highest BCUT2D eigenvalue weighted by molar-refractivity contribution is 7.84. The van der Waals surface area contributed by atoms with Crippen LogP contribution in [-0.2, 0) is 16.6 Å². The Morgan fingerprint density at radius 3 is 2.28 bits per heavy atom. The van der Waals surface area contributed by atoms with Gasteiger partial charge in [-0.3, -0.25) is 4.21 Å². The zero-order valence-electron chi connectivity index (χ0n) is 9.58. The van der Waals surface area contributed by atoms with Crippen molar-refractivity contribution in [3.05, 3.63) is 65.7 Å². The summed E-state index contributed by atoms with van der Waals surface area (Å²) < 4.78 is 12.2. The smallest absolute Gasteiger partial charge is 0.336 e. The van der Waals surface area contributed by atoms with Crippen LogP contribution in [0.3, 0.4) is 0 Å². The standard InChI is InChI=1S/C14H12O3S/c15-14(16)12-8-4-5-9-13(12)18(17)10-11-6-2-1-3-7-11/h1-9H,10H2,(H,15,16). The van der Waals surface area contributed by atoms with E-state index in [1.54, 1.807) is 18.2 Å². The van der Waals surface area contributed by atoms with E-state index in [4.69, 9.17) is 5.11 Å². The lowest BCUT2D eigenvalue weighted by Crippen LogP contribution is -2.05. The second-order valence-corrected chi connectivity index (χ2v) is 5.20. The number of aromatic carboxylic acids is 1. The van der Waals surface area contributed by atoms with E-state index in [1.165, 1.54) is 6.07 Å². The highest BCUT2D eigenvalue weighted by atomic mass is 32.2. The van der Waals surface area contributed by atoms with Gasteiger partial charge in [-0.05, 0) is 17.7 Å². The minimum Gasteiger partial charge on any atom is -0.478 e. The molecule has 2 rings (SSSR count). The molecule has 1 unspecified atom stereocenters. The molecule has 18 heavy (non-hydrogen) atoms. The van der Waals surface area contributed by atoms with Gasteiger partial charge in [0.15, 0.2) is 0 Å². The molecule has 1 N–H and O–H groups in total. The summed E-state index contributed by atoms with van der Waals surface area (Å²) in [6, 6.07) is 15.8. The molecule has 0 aliphatic rings. The molecule has 0 aliphatic heterocycles. The van der Waals surface area contributed by atoms with Gasteiger partial charge in [0, 0.05) is 0 Å². The van der Waals surface area contributed by atoms with Gasteiger partial charge in [-0.1, -0.05) is 42.5 Å². The van der Waals surface area contributed by atoms with Gasteiger partial charge in [-0.25, -0.2) is 4.79 Å². The van der Waals surface area contributed by atoms with Gasteiger partial charge in [0.05, 0.1) is 27.0 Å². The molecule has 1 atom stereocenters. The van der Waals surface area contributed by atoms with Crippen LogP contribution in [0.15, 0.2) is 59.5 Å². The quantitative estimate of drug-likeness (QED) is 0.919. The Labute approximate surface area is 108 Å². The zero-order valence-corrected chi connectivity index (χ0v) is 10.4. The topological polar surface area (TPSA) is 54.4 Å². The summed E-state index contributed by atoms with van der Waals surface area (Å²) in [5.74, 6) is -0.725. The molecule has 0 heterocycles. The molecule has 92 valence electrons. The molecule has 3 nitrogen and oxygen atoms in total. The largest absolute Gasteiger partial charge is 0.478 e. The maximum Gasteiger partial charge on any atom is 0.336 e. The monoisotopic (exact) mass is 260 g/mol. The van der Waals surface area contributed by atoms with Gasteiger partial charge in [0.1, 0.15) is 0 Å². The van der Waals surface area contributed by atoms with Crippen molar-refractivity contribution in [1.82, 2.24) is 0 Å². The third-order valence-electron chi connectivity index (χ3n) is 2.50. The highest BCUT2D eigenvalue weighted by Gasteiger charge is 2.14. The summed E-state index contributed by atoms with van der Waals surface area (Å²) in [5, 5.41) is 9.05. The third-order valence-corrected chi connectivity index (χ3v) is 3.95. The lowest BCUT2D eigenvalue weighted by Gasteiger charge is -2.05. The third kappa shape index (κ3) is 2.84. The van der Waals surface area contributed by atoms with Crippen LogP contribution in [0.5, 0.6) is 0 Å². The Morgan fingerprint density at radius 1 is 1.00 bits per heavy atom. The molecule has 0 bridgehead atoms. The van der Waals surface area contributed by atoms with Crippen LogP contribution >= 0.6 is 0 Å². The van der Waals surface area contributed by atoms with Crippen LogP contribution < -0.4 is 0 Å². The lowest BCUT2D eigenvalue weighted by molar-refractivity contribution is 0.0693. The Hall–Kier alpha value is -1.94. The van der Waals surface area contributed by atoms with Gasteiger partial charge in [0.25, 0.3) is 0 Å². The summed E-state index contributed by atoms with van der Waals surface area (Å²) in [6.07, 6.45) is 0. The van der Waals surface area contributed by atoms with E-state index in [2.05, 4.69) is 0 Å². The average molecular weight is 260 g/mol. The molecule has 0 fully saturated rings. The first kappa shape index (κ1) is 12.5. The Morgan fingerprint density at radius 2 is 1.61 bits per heavy atom. The highest BCUT2D eigenvalue weighted by Crippen LogP contribution is 2.17. The first-order valence-corrected chi connectivity index (χ1v) is 6.75. The van der Waals surface area contributed by atoms with Gasteiger partial charge < -0.3 is 5.11 Å². The molecule has 0 spiro atoms. The van der Waals surface area contributed by atoms with Crippen molar-refractivity contribution >= 4 is 16.8 Å². The maximum absolute atomic E-state index is 12.2. The fourth-order valence-electron chi connectivity index (χ4n) is 1.65. The van der Waals surface area contributed by atoms with Crippen molar-refractivity contribution in [2.75, 3.05) is 0 Å². The van der Waals surface area contributed by atoms with Gasteiger partial charge in [-0.15, -0.1) is 0 Å². The molecule has 0 saturated carbocycles. The molecule has 2 aromatic rings. The summed E-state index contributed by atoms with van der Waals surface area (Å²) in [6.45, 7) is 0. The minimum absolute atomic E-state index is 0.103. The van der Waals surface area contributed by atoms with E-state index in [0.29, 0.717) is 10.6 Å². The average Bonchev–Trinajstić information content (AvgIpc) is 2.40. The first-order valence-electron chi connectivity index (χ1n) is 5.43. The van der Waals surface area contributed by atoms with Crippen molar-refractivity contribution in [1.29, 1.82) is 0 Å². The van der Waals surface area contributed by atoms with Crippen LogP contribution in [-0.4, -0.2) is 15.3 Å². The summed E-state index contributed by atoms with van der Waals surface area (Å²) in [5.41, 5.74) is 1.03. The molecular weight excluding hydrogens is 248 g/mol. The number of carbonyl (C=O) groups is 1. The summed E-state index contributed by atoms with van der Waals surface area (Å²) in [4.78, 5) is 11.4. The summed E-state index contributed by atoms with van der Waals surface area (Å²) >= 11 is 0. The van der Waals surface area contributed by atoms with E-state index >= 15 is 0 Å². The lowest BCUT2D eigenvalue weighted by atomic mass is 10.2.